The number of amidine groups is 1. The Morgan fingerprint density at radius 1 is 1.30 bits per heavy atom. The van der Waals surface area contributed by atoms with E-state index in [1.54, 1.807) is 13.0 Å². The topological polar surface area (TPSA) is 67.8 Å². The first-order valence-corrected chi connectivity index (χ1v) is 8.48. The van der Waals surface area contributed by atoms with Crippen molar-refractivity contribution >= 4 is 17.7 Å². The van der Waals surface area contributed by atoms with Gasteiger partial charge in [0, 0.05) is 0 Å². The number of aliphatic imine (C=N–C) groups is 1. The van der Waals surface area contributed by atoms with Crippen molar-refractivity contribution in [2.45, 2.75) is 77.9 Å². The third-order valence-corrected chi connectivity index (χ3v) is 4.60. The highest BCUT2D eigenvalue weighted by Gasteiger charge is 2.47. The molecule has 0 bridgehead atoms. The molecule has 5 heteroatoms. The number of rotatable bonds is 3. The first kappa shape index (κ1) is 17.7. The van der Waals surface area contributed by atoms with Crippen molar-refractivity contribution in [3.05, 3.63) is 11.6 Å². The standard InChI is InChI=1S/C18H28N2O3/c1-6-13(15(21)23-17(2,3)4)14-19-16(22)18(5,20-14)12-10-8-7-9-11-12/h6,12H,7-11H2,1-5H3,(H,19,20,22). The van der Waals surface area contributed by atoms with Crippen LogP contribution < -0.4 is 5.32 Å². The summed E-state index contributed by atoms with van der Waals surface area (Å²) in [6.45, 7) is 9.09. The Hall–Kier alpha value is -1.65. The first-order chi connectivity index (χ1) is 10.7. The zero-order valence-corrected chi connectivity index (χ0v) is 14.9. The van der Waals surface area contributed by atoms with Crippen molar-refractivity contribution in [3.8, 4) is 0 Å². The maximum Gasteiger partial charge on any atom is 0.342 e. The van der Waals surface area contributed by atoms with Crippen molar-refractivity contribution in [3.63, 3.8) is 0 Å². The maximum atomic E-state index is 12.5. The van der Waals surface area contributed by atoms with Crippen LogP contribution in [0.2, 0.25) is 0 Å². The van der Waals surface area contributed by atoms with Crippen LogP contribution in [0, 0.1) is 5.92 Å². The predicted octanol–water partition coefficient (Wildman–Crippen LogP) is 3.14. The minimum Gasteiger partial charge on any atom is -0.456 e. The van der Waals surface area contributed by atoms with Crippen LogP contribution >= 0.6 is 0 Å². The van der Waals surface area contributed by atoms with E-state index in [9.17, 15) is 9.59 Å². The number of ether oxygens (including phenoxy) is 1. The molecule has 1 saturated carbocycles. The monoisotopic (exact) mass is 320 g/mol. The largest absolute Gasteiger partial charge is 0.456 e. The fraction of sp³-hybridized carbons (Fsp3) is 0.722. The van der Waals surface area contributed by atoms with E-state index in [0.29, 0.717) is 11.4 Å². The number of carbonyl (C=O) groups is 2. The number of allylic oxidation sites excluding steroid dienone is 1. The number of nitrogens with one attached hydrogen (secondary N) is 1. The minimum atomic E-state index is -0.772. The van der Waals surface area contributed by atoms with Gasteiger partial charge in [-0.05, 0) is 53.4 Å². The van der Waals surface area contributed by atoms with E-state index in [-0.39, 0.29) is 11.8 Å². The fourth-order valence-corrected chi connectivity index (χ4v) is 3.30. The lowest BCUT2D eigenvalue weighted by atomic mass is 9.76. The van der Waals surface area contributed by atoms with Gasteiger partial charge < -0.3 is 10.1 Å². The zero-order valence-electron chi connectivity index (χ0n) is 14.9. The molecule has 1 heterocycles. The number of nitrogens with zero attached hydrogens (tertiary/aromatic N) is 1. The summed E-state index contributed by atoms with van der Waals surface area (Å²) in [5.74, 6) is 0.0274. The number of carbonyl (C=O) groups excluding carboxylic acids is 2. The molecule has 0 aromatic rings. The average molecular weight is 320 g/mol. The number of esters is 1. The first-order valence-electron chi connectivity index (χ1n) is 8.48. The fourth-order valence-electron chi connectivity index (χ4n) is 3.30. The molecule has 23 heavy (non-hydrogen) atoms. The van der Waals surface area contributed by atoms with Gasteiger partial charge in [-0.1, -0.05) is 25.3 Å². The summed E-state index contributed by atoms with van der Waals surface area (Å²) in [5.41, 5.74) is -1.03. The number of hydrogen-bond donors (Lipinski definition) is 1. The van der Waals surface area contributed by atoms with Crippen molar-refractivity contribution < 1.29 is 14.3 Å². The van der Waals surface area contributed by atoms with E-state index < -0.39 is 17.1 Å². The second-order valence-corrected chi connectivity index (χ2v) is 7.60. The van der Waals surface area contributed by atoms with Crippen LogP contribution in [0.25, 0.3) is 0 Å². The van der Waals surface area contributed by atoms with Gasteiger partial charge in [-0.3, -0.25) is 9.79 Å². The predicted molar refractivity (Wildman–Crippen MR) is 90.2 cm³/mol. The summed E-state index contributed by atoms with van der Waals surface area (Å²) < 4.78 is 5.41. The molecule has 2 rings (SSSR count). The number of amides is 1. The zero-order chi connectivity index (χ0) is 17.3. The lowest BCUT2D eigenvalue weighted by molar-refractivity contribution is -0.149. The van der Waals surface area contributed by atoms with Crippen molar-refractivity contribution in [1.29, 1.82) is 0 Å². The van der Waals surface area contributed by atoms with Gasteiger partial charge >= 0.3 is 5.97 Å². The van der Waals surface area contributed by atoms with Crippen molar-refractivity contribution in [2.24, 2.45) is 10.9 Å². The molecule has 0 spiro atoms. The molecule has 0 aromatic carbocycles. The molecular weight excluding hydrogens is 292 g/mol. The van der Waals surface area contributed by atoms with Crippen LogP contribution in [0.4, 0.5) is 0 Å². The summed E-state index contributed by atoms with van der Waals surface area (Å²) in [4.78, 5) is 29.5. The Labute approximate surface area is 138 Å². The molecular formula is C18H28N2O3. The van der Waals surface area contributed by atoms with Crippen LogP contribution in [-0.2, 0) is 14.3 Å². The molecule has 0 aromatic heterocycles. The van der Waals surface area contributed by atoms with E-state index in [2.05, 4.69) is 10.3 Å². The van der Waals surface area contributed by atoms with Gasteiger partial charge in [0.05, 0.1) is 5.57 Å². The van der Waals surface area contributed by atoms with Crippen molar-refractivity contribution in [1.82, 2.24) is 5.32 Å². The van der Waals surface area contributed by atoms with E-state index in [4.69, 9.17) is 4.74 Å². The van der Waals surface area contributed by atoms with Gasteiger partial charge in [-0.2, -0.15) is 0 Å². The lowest BCUT2D eigenvalue weighted by Gasteiger charge is -2.32. The molecule has 2 aliphatic rings. The summed E-state index contributed by atoms with van der Waals surface area (Å²) in [5, 5.41) is 2.80. The molecule has 0 saturated heterocycles. The molecule has 1 unspecified atom stereocenters. The van der Waals surface area contributed by atoms with Gasteiger partial charge in [0.2, 0.25) is 0 Å². The Bertz CT molecular complexity index is 551. The normalized spacial score (nSPS) is 26.7. The highest BCUT2D eigenvalue weighted by molar-refractivity contribution is 6.26. The van der Waals surface area contributed by atoms with E-state index >= 15 is 0 Å². The second kappa shape index (κ2) is 6.46. The molecule has 1 amide bonds. The van der Waals surface area contributed by atoms with E-state index in [0.717, 1.165) is 25.7 Å². The quantitative estimate of drug-likeness (QED) is 0.641. The third kappa shape index (κ3) is 3.82. The highest BCUT2D eigenvalue weighted by atomic mass is 16.6. The molecule has 0 radical (unpaired) electrons. The smallest absolute Gasteiger partial charge is 0.342 e. The Morgan fingerprint density at radius 2 is 1.91 bits per heavy atom. The average Bonchev–Trinajstić information content (AvgIpc) is 2.75. The lowest BCUT2D eigenvalue weighted by Crippen LogP contribution is -2.44. The molecule has 1 aliphatic heterocycles. The van der Waals surface area contributed by atoms with E-state index in [1.165, 1.54) is 6.42 Å². The highest BCUT2D eigenvalue weighted by Crippen LogP contribution is 2.37. The van der Waals surface area contributed by atoms with Gasteiger partial charge in [0.1, 0.15) is 17.0 Å². The van der Waals surface area contributed by atoms with Crippen LogP contribution in [0.1, 0.15) is 66.7 Å². The molecule has 1 aliphatic carbocycles. The van der Waals surface area contributed by atoms with Crippen LogP contribution in [0.3, 0.4) is 0 Å². The molecule has 5 nitrogen and oxygen atoms in total. The Morgan fingerprint density at radius 3 is 2.43 bits per heavy atom. The second-order valence-electron chi connectivity index (χ2n) is 7.60. The van der Waals surface area contributed by atoms with Gasteiger partial charge in [-0.15, -0.1) is 0 Å². The molecule has 1 atom stereocenters. The maximum absolute atomic E-state index is 12.5. The Balaban J connectivity index is 2.23. The summed E-state index contributed by atoms with van der Waals surface area (Å²) in [7, 11) is 0. The summed E-state index contributed by atoms with van der Waals surface area (Å²) in [6, 6.07) is 0. The third-order valence-electron chi connectivity index (χ3n) is 4.60. The van der Waals surface area contributed by atoms with E-state index in [1.807, 2.05) is 27.7 Å². The summed E-state index contributed by atoms with van der Waals surface area (Å²) >= 11 is 0. The molecule has 1 fully saturated rings. The van der Waals surface area contributed by atoms with Crippen LogP contribution in [-0.4, -0.2) is 28.9 Å². The van der Waals surface area contributed by atoms with Crippen molar-refractivity contribution in [2.75, 3.05) is 0 Å². The minimum absolute atomic E-state index is 0.109. The van der Waals surface area contributed by atoms with Gasteiger partial charge in [0.15, 0.2) is 0 Å². The molecule has 1 N–H and O–H groups in total. The van der Waals surface area contributed by atoms with Gasteiger partial charge in [0.25, 0.3) is 5.91 Å². The number of hydrogen-bond acceptors (Lipinski definition) is 4. The summed E-state index contributed by atoms with van der Waals surface area (Å²) in [6.07, 6.45) is 7.18. The van der Waals surface area contributed by atoms with Crippen LogP contribution in [0.5, 0.6) is 0 Å². The van der Waals surface area contributed by atoms with Gasteiger partial charge in [-0.25, -0.2) is 4.79 Å². The molecule has 128 valence electrons. The SMILES string of the molecule is CC=C(C(=O)OC(C)(C)C)C1=NC(C)(C2CCCCC2)C(=O)N1. The Kier molecular flexibility index (Phi) is 4.97. The van der Waals surface area contributed by atoms with Crippen LogP contribution in [0.15, 0.2) is 16.6 Å².